The van der Waals surface area contributed by atoms with Gasteiger partial charge in [-0.1, -0.05) is 0 Å². The van der Waals surface area contributed by atoms with Crippen molar-refractivity contribution in [3.63, 3.8) is 0 Å². The summed E-state index contributed by atoms with van der Waals surface area (Å²) in [5.74, 6) is -2.17. The third kappa shape index (κ3) is 4.92. The maximum Gasteiger partial charge on any atom is 0.337 e. The van der Waals surface area contributed by atoms with Gasteiger partial charge in [-0.2, -0.15) is 0 Å². The van der Waals surface area contributed by atoms with Crippen LogP contribution in [0.1, 0.15) is 27.6 Å². The molecule has 25 heavy (non-hydrogen) atoms. The first-order chi connectivity index (χ1) is 11.6. The summed E-state index contributed by atoms with van der Waals surface area (Å²) in [5.41, 5.74) is 0.263. The summed E-state index contributed by atoms with van der Waals surface area (Å²) in [6.07, 6.45) is -1.20. The van der Waals surface area contributed by atoms with Gasteiger partial charge in [0.2, 0.25) is 5.91 Å². The highest BCUT2D eigenvalue weighted by molar-refractivity contribution is 14.1. The summed E-state index contributed by atoms with van der Waals surface area (Å²) in [4.78, 5) is 37.2. The van der Waals surface area contributed by atoms with Crippen LogP contribution in [0.15, 0.2) is 0 Å². The molecule has 0 bridgehead atoms. The van der Waals surface area contributed by atoms with Crippen LogP contribution in [-0.2, 0) is 4.79 Å². The van der Waals surface area contributed by atoms with Crippen molar-refractivity contribution in [1.82, 2.24) is 5.32 Å². The number of nitrogens with zero attached hydrogens (tertiary/aromatic N) is 1. The highest BCUT2D eigenvalue weighted by Crippen LogP contribution is 2.38. The molecule has 4 N–H and O–H groups in total. The Hall–Kier alpha value is -0.260. The van der Waals surface area contributed by atoms with Crippen LogP contribution in [0.5, 0.6) is 0 Å². The lowest BCUT2D eigenvalue weighted by Gasteiger charge is -2.28. The minimum Gasteiger partial charge on any atom is -0.478 e. The highest BCUT2D eigenvalue weighted by atomic mass is 127. The number of aromatic carboxylic acids is 1. The molecule has 0 radical (unpaired) electrons. The predicted molar refractivity (Wildman–Crippen MR) is 116 cm³/mol. The molecule has 0 aliphatic carbocycles. The van der Waals surface area contributed by atoms with Gasteiger partial charge in [-0.05, 0) is 67.8 Å². The average Bonchev–Trinajstić information content (AvgIpc) is 2.52. The molecule has 0 heterocycles. The van der Waals surface area contributed by atoms with Gasteiger partial charge in [-0.3, -0.25) is 9.59 Å². The summed E-state index contributed by atoms with van der Waals surface area (Å²) in [6.45, 7) is 0.467. The molecule has 1 aromatic carbocycles. The molecule has 1 unspecified atom stereocenters. The Labute approximate surface area is 184 Å². The molecule has 0 spiro atoms. The fourth-order valence-electron chi connectivity index (χ4n) is 2.05. The Morgan fingerprint density at radius 2 is 1.64 bits per heavy atom. The molecule has 0 saturated heterocycles. The van der Waals surface area contributed by atoms with Crippen LogP contribution in [0, 0.1) is 10.7 Å². The Kier molecular flexibility index (Phi) is 8.76. The van der Waals surface area contributed by atoms with Crippen molar-refractivity contribution in [3.8, 4) is 0 Å². The van der Waals surface area contributed by atoms with Crippen LogP contribution < -0.4 is 10.2 Å². The molecular weight excluding hydrogens is 673 g/mol. The molecule has 0 aliphatic heterocycles. The lowest BCUT2D eigenvalue weighted by Crippen LogP contribution is -2.39. The van der Waals surface area contributed by atoms with E-state index in [9.17, 15) is 24.6 Å². The second kappa shape index (κ2) is 9.61. The molecule has 0 aromatic heterocycles. The first-order valence-electron chi connectivity index (χ1n) is 6.81. The van der Waals surface area contributed by atoms with Crippen molar-refractivity contribution < 1.29 is 29.7 Å². The second-order valence-electron chi connectivity index (χ2n) is 4.89. The van der Waals surface area contributed by atoms with E-state index >= 15 is 0 Å². The van der Waals surface area contributed by atoms with Crippen molar-refractivity contribution >= 4 is 91.2 Å². The molecule has 8 nitrogen and oxygen atoms in total. The molecule has 138 valence electrons. The molecule has 1 atom stereocenters. The van der Waals surface area contributed by atoms with Crippen LogP contribution in [0.25, 0.3) is 0 Å². The van der Waals surface area contributed by atoms with Crippen molar-refractivity contribution in [2.75, 3.05) is 25.1 Å². The van der Waals surface area contributed by atoms with E-state index in [1.165, 1.54) is 18.9 Å². The third-order valence-electron chi connectivity index (χ3n) is 3.22. The van der Waals surface area contributed by atoms with Gasteiger partial charge < -0.3 is 25.5 Å². The van der Waals surface area contributed by atoms with Gasteiger partial charge in [0.05, 0.1) is 43.2 Å². The maximum absolute atomic E-state index is 12.3. The molecule has 11 heteroatoms. The minimum absolute atomic E-state index is 0.0973. The molecule has 2 amide bonds. The van der Waals surface area contributed by atoms with E-state index in [0.717, 1.165) is 0 Å². The molecule has 0 aliphatic rings. The Balaban J connectivity index is 3.84. The fourth-order valence-corrected chi connectivity index (χ4v) is 6.75. The van der Waals surface area contributed by atoms with E-state index in [0.29, 0.717) is 3.57 Å². The topological polar surface area (TPSA) is 127 Å². The number of amides is 2. The second-order valence-corrected chi connectivity index (χ2v) is 8.13. The summed E-state index contributed by atoms with van der Waals surface area (Å²) in [7, 11) is 1.42. The number of aliphatic hydroxyl groups excluding tert-OH is 2. The van der Waals surface area contributed by atoms with E-state index < -0.39 is 30.5 Å². The number of halogens is 3. The number of carboxylic acid groups (broad SMARTS) is 1. The van der Waals surface area contributed by atoms with E-state index in [2.05, 4.69) is 5.32 Å². The van der Waals surface area contributed by atoms with Crippen LogP contribution in [0.3, 0.4) is 0 Å². The van der Waals surface area contributed by atoms with Crippen LogP contribution in [0.2, 0.25) is 0 Å². The number of benzene rings is 1. The number of carbonyl (C=O) groups is 3. The number of aliphatic hydroxyl groups is 2. The third-order valence-corrected chi connectivity index (χ3v) is 6.40. The van der Waals surface area contributed by atoms with Gasteiger partial charge in [-0.15, -0.1) is 0 Å². The van der Waals surface area contributed by atoms with Gasteiger partial charge >= 0.3 is 5.97 Å². The standard InChI is InChI=1S/C14H15I3N2O6/c1-5(21)19(3-6(22)4-20)12-10(16)7(13(23)18-2)9(15)8(11(12)17)14(24)25/h6,20,22H,3-4H2,1-2H3,(H,18,23)(H,24,25). The van der Waals surface area contributed by atoms with Gasteiger partial charge in [0.25, 0.3) is 5.91 Å². The van der Waals surface area contributed by atoms with E-state index in [4.69, 9.17) is 5.11 Å². The number of nitrogens with one attached hydrogen (secondary N) is 1. The van der Waals surface area contributed by atoms with Crippen LogP contribution in [0.4, 0.5) is 5.69 Å². The SMILES string of the molecule is CNC(=O)c1c(I)c(C(=O)O)c(I)c(N(CC(O)CO)C(C)=O)c1I. The largest absolute Gasteiger partial charge is 0.478 e. The average molecular weight is 688 g/mol. The highest BCUT2D eigenvalue weighted by Gasteiger charge is 2.31. The summed E-state index contributed by atoms with van der Waals surface area (Å²) in [5, 5.41) is 30.8. The Bertz CT molecular complexity index is 725. The van der Waals surface area contributed by atoms with Gasteiger partial charge in [-0.25, -0.2) is 4.79 Å². The lowest BCUT2D eigenvalue weighted by molar-refractivity contribution is -0.117. The number of hydrogen-bond acceptors (Lipinski definition) is 5. The number of rotatable bonds is 6. The van der Waals surface area contributed by atoms with Gasteiger partial charge in [0.1, 0.15) is 0 Å². The smallest absolute Gasteiger partial charge is 0.337 e. The quantitative estimate of drug-likeness (QED) is 0.334. The van der Waals surface area contributed by atoms with E-state index in [-0.39, 0.29) is 30.5 Å². The van der Waals surface area contributed by atoms with Gasteiger partial charge in [0, 0.05) is 17.5 Å². The number of hydrogen-bond donors (Lipinski definition) is 4. The van der Waals surface area contributed by atoms with Crippen molar-refractivity contribution in [3.05, 3.63) is 21.8 Å². The first-order valence-corrected chi connectivity index (χ1v) is 10.0. The monoisotopic (exact) mass is 688 g/mol. The zero-order valence-electron chi connectivity index (χ0n) is 13.1. The molecule has 1 rings (SSSR count). The normalized spacial score (nSPS) is 11.8. The Morgan fingerprint density at radius 1 is 1.12 bits per heavy atom. The number of carboxylic acids is 1. The van der Waals surface area contributed by atoms with Crippen molar-refractivity contribution in [2.45, 2.75) is 13.0 Å². The lowest BCUT2D eigenvalue weighted by atomic mass is 10.1. The zero-order valence-corrected chi connectivity index (χ0v) is 19.6. The van der Waals surface area contributed by atoms with Crippen molar-refractivity contribution in [1.29, 1.82) is 0 Å². The predicted octanol–water partition coefficient (Wildman–Crippen LogP) is 1.26. The molecule has 0 saturated carbocycles. The summed E-state index contributed by atoms with van der Waals surface area (Å²) >= 11 is 5.48. The molecule has 1 aromatic rings. The zero-order chi connectivity index (χ0) is 19.5. The summed E-state index contributed by atoms with van der Waals surface area (Å²) < 4.78 is 0.913. The first kappa shape index (κ1) is 22.8. The minimum atomic E-state index is -1.23. The fraction of sp³-hybridized carbons (Fsp3) is 0.357. The van der Waals surface area contributed by atoms with E-state index in [1.807, 2.05) is 22.6 Å². The molecular formula is C14H15I3N2O6. The number of carbonyl (C=O) groups excluding carboxylic acids is 2. The number of anilines is 1. The van der Waals surface area contributed by atoms with Gasteiger partial charge in [0.15, 0.2) is 0 Å². The Morgan fingerprint density at radius 3 is 2.04 bits per heavy atom. The van der Waals surface area contributed by atoms with E-state index in [1.54, 1.807) is 45.2 Å². The molecule has 0 fully saturated rings. The van der Waals surface area contributed by atoms with Crippen LogP contribution >= 0.6 is 67.8 Å². The van der Waals surface area contributed by atoms with Crippen LogP contribution in [-0.4, -0.2) is 59.4 Å². The van der Waals surface area contributed by atoms with Crippen molar-refractivity contribution in [2.24, 2.45) is 0 Å². The maximum atomic E-state index is 12.3. The summed E-state index contributed by atoms with van der Waals surface area (Å²) in [6, 6.07) is 0.